The molecule has 7 nitrogen and oxygen atoms in total. The number of anilines is 1. The molecule has 0 radical (unpaired) electrons. The molecule has 0 amide bonds. The molecular formula is C25H20N4O3S. The Bertz CT molecular complexity index is 1320. The highest BCUT2D eigenvalue weighted by Gasteiger charge is 2.14. The van der Waals surface area contributed by atoms with Crippen LogP contribution < -0.4 is 4.72 Å². The summed E-state index contributed by atoms with van der Waals surface area (Å²) >= 11 is 1.33. The van der Waals surface area contributed by atoms with E-state index in [0.29, 0.717) is 22.8 Å². The predicted molar refractivity (Wildman–Crippen MR) is 127 cm³/mol. The maximum atomic E-state index is 12.2. The van der Waals surface area contributed by atoms with Crippen molar-refractivity contribution >= 4 is 23.7 Å². The zero-order chi connectivity index (χ0) is 23.2. The average molecular weight is 457 g/mol. The van der Waals surface area contributed by atoms with Crippen molar-refractivity contribution in [1.82, 2.24) is 15.1 Å². The van der Waals surface area contributed by atoms with Crippen molar-refractivity contribution in [3.05, 3.63) is 89.1 Å². The number of hydrogen-bond acceptors (Lipinski definition) is 8. The molecule has 1 N–H and O–H groups in total. The zero-order valence-electron chi connectivity index (χ0n) is 18.2. The number of aryl methyl sites for hydroxylation is 2. The van der Waals surface area contributed by atoms with E-state index in [-0.39, 0.29) is 0 Å². The van der Waals surface area contributed by atoms with Gasteiger partial charge < -0.3 is 14.0 Å². The molecular weight excluding hydrogens is 436 g/mol. The monoisotopic (exact) mass is 456 g/mol. The fraction of sp³-hybridized carbons (Fsp3) is 0.120. The lowest BCUT2D eigenvalue weighted by Gasteiger charge is -2.10. The second-order valence-corrected chi connectivity index (χ2v) is 7.86. The highest BCUT2D eigenvalue weighted by atomic mass is 32.2. The summed E-state index contributed by atoms with van der Waals surface area (Å²) in [6, 6.07) is 14.8. The van der Waals surface area contributed by atoms with E-state index >= 15 is 0 Å². The Kier molecular flexibility index (Phi) is 6.72. The number of carbonyl (C=O) groups excluding carboxylic acids is 1. The van der Waals surface area contributed by atoms with E-state index in [1.165, 1.54) is 19.1 Å². The van der Waals surface area contributed by atoms with Crippen LogP contribution in [0.3, 0.4) is 0 Å². The first kappa shape index (κ1) is 22.1. The van der Waals surface area contributed by atoms with Crippen LogP contribution in [0, 0.1) is 25.7 Å². The lowest BCUT2D eigenvalue weighted by atomic mass is 10.1. The summed E-state index contributed by atoms with van der Waals surface area (Å²) in [5.41, 5.74) is 4.35. The lowest BCUT2D eigenvalue weighted by Crippen LogP contribution is -2.04. The zero-order valence-corrected chi connectivity index (χ0v) is 19.1. The Hall–Kier alpha value is -4.09. The number of carbonyl (C=O) groups is 1. The molecule has 33 heavy (non-hydrogen) atoms. The maximum Gasteiger partial charge on any atom is 0.338 e. The number of ether oxygens (including phenoxy) is 1. The molecule has 0 fully saturated rings. The number of nitrogens with one attached hydrogen (secondary N) is 1. The molecule has 0 aliphatic rings. The molecule has 3 heterocycles. The van der Waals surface area contributed by atoms with Crippen molar-refractivity contribution in [1.29, 1.82) is 0 Å². The van der Waals surface area contributed by atoms with E-state index in [1.54, 1.807) is 24.5 Å². The van der Waals surface area contributed by atoms with E-state index in [2.05, 4.69) is 31.7 Å². The van der Waals surface area contributed by atoms with Gasteiger partial charge >= 0.3 is 5.97 Å². The largest absolute Gasteiger partial charge is 0.465 e. The van der Waals surface area contributed by atoms with Crippen molar-refractivity contribution in [2.45, 2.75) is 18.7 Å². The van der Waals surface area contributed by atoms with Crippen LogP contribution in [-0.4, -0.2) is 28.2 Å². The van der Waals surface area contributed by atoms with Gasteiger partial charge in [-0.2, -0.15) is 0 Å². The fourth-order valence-electron chi connectivity index (χ4n) is 3.00. The quantitative estimate of drug-likeness (QED) is 0.253. The van der Waals surface area contributed by atoms with Gasteiger partial charge in [0.25, 0.3) is 0 Å². The molecule has 0 saturated heterocycles. The average Bonchev–Trinajstić information content (AvgIpc) is 3.18. The van der Waals surface area contributed by atoms with Crippen LogP contribution in [0.2, 0.25) is 0 Å². The van der Waals surface area contributed by atoms with Crippen molar-refractivity contribution < 1.29 is 14.1 Å². The van der Waals surface area contributed by atoms with E-state index in [4.69, 9.17) is 9.26 Å². The smallest absolute Gasteiger partial charge is 0.338 e. The molecule has 0 unspecified atom stereocenters. The van der Waals surface area contributed by atoms with Crippen molar-refractivity contribution in [2.75, 3.05) is 11.8 Å². The van der Waals surface area contributed by atoms with Gasteiger partial charge in [0.15, 0.2) is 0 Å². The van der Waals surface area contributed by atoms with Crippen LogP contribution in [0.15, 0.2) is 70.3 Å². The number of rotatable bonds is 5. The minimum atomic E-state index is -0.442. The SMILES string of the molecule is COC(=O)c1cc(NSc2c(C)noc2C)nc(-c2ccc(C#Cc3cccnc3)cc2)c1. The first-order chi connectivity index (χ1) is 16.0. The Labute approximate surface area is 195 Å². The molecule has 0 aliphatic carbocycles. The highest BCUT2D eigenvalue weighted by molar-refractivity contribution is 8.00. The second kappa shape index (κ2) is 10.0. The maximum absolute atomic E-state index is 12.2. The Morgan fingerprint density at radius 3 is 2.55 bits per heavy atom. The second-order valence-electron chi connectivity index (χ2n) is 7.04. The summed E-state index contributed by atoms with van der Waals surface area (Å²) in [4.78, 5) is 21.8. The molecule has 1 aromatic carbocycles. The highest BCUT2D eigenvalue weighted by Crippen LogP contribution is 2.29. The number of esters is 1. The summed E-state index contributed by atoms with van der Waals surface area (Å²) in [5.74, 6) is 6.98. The molecule has 0 saturated carbocycles. The molecule has 4 rings (SSSR count). The Morgan fingerprint density at radius 1 is 1.09 bits per heavy atom. The molecule has 4 aromatic rings. The van der Waals surface area contributed by atoms with E-state index in [1.807, 2.05) is 50.2 Å². The molecule has 0 atom stereocenters. The molecule has 0 bridgehead atoms. The topological polar surface area (TPSA) is 90.1 Å². The van der Waals surface area contributed by atoms with Gasteiger partial charge in [0.05, 0.1) is 29.0 Å². The third-order valence-corrected chi connectivity index (χ3v) is 5.76. The summed E-state index contributed by atoms with van der Waals surface area (Å²) in [7, 11) is 1.35. The number of hydrogen-bond donors (Lipinski definition) is 1. The van der Waals surface area contributed by atoms with Crippen molar-refractivity contribution in [3.63, 3.8) is 0 Å². The van der Waals surface area contributed by atoms with Gasteiger partial charge in [-0.05, 0) is 62.2 Å². The van der Waals surface area contributed by atoms with Crippen LogP contribution in [0.25, 0.3) is 11.3 Å². The number of nitrogens with zero attached hydrogens (tertiary/aromatic N) is 3. The first-order valence-electron chi connectivity index (χ1n) is 10.0. The minimum Gasteiger partial charge on any atom is -0.465 e. The normalized spacial score (nSPS) is 10.3. The van der Waals surface area contributed by atoms with Crippen molar-refractivity contribution in [3.8, 4) is 23.1 Å². The van der Waals surface area contributed by atoms with Crippen LogP contribution in [0.4, 0.5) is 5.82 Å². The van der Waals surface area contributed by atoms with E-state index in [9.17, 15) is 4.79 Å². The van der Waals surface area contributed by atoms with Crippen LogP contribution >= 0.6 is 11.9 Å². The molecule has 0 spiro atoms. The van der Waals surface area contributed by atoms with E-state index < -0.39 is 5.97 Å². The summed E-state index contributed by atoms with van der Waals surface area (Å²) in [6.07, 6.45) is 3.43. The molecule has 0 aliphatic heterocycles. The van der Waals surface area contributed by atoms with Gasteiger partial charge in [-0.1, -0.05) is 29.1 Å². The molecule has 8 heteroatoms. The van der Waals surface area contributed by atoms with E-state index in [0.717, 1.165) is 27.3 Å². The number of benzene rings is 1. The Balaban J connectivity index is 1.60. The van der Waals surface area contributed by atoms with Gasteiger partial charge in [-0.25, -0.2) is 9.78 Å². The summed E-state index contributed by atoms with van der Waals surface area (Å²) < 4.78 is 13.3. The van der Waals surface area contributed by atoms with Crippen molar-refractivity contribution in [2.24, 2.45) is 0 Å². The molecule has 3 aromatic heterocycles. The fourth-order valence-corrected chi connectivity index (χ4v) is 3.67. The summed E-state index contributed by atoms with van der Waals surface area (Å²) in [5, 5.41) is 3.95. The van der Waals surface area contributed by atoms with Gasteiger partial charge in [0, 0.05) is 29.1 Å². The lowest BCUT2D eigenvalue weighted by molar-refractivity contribution is 0.0600. The van der Waals surface area contributed by atoms with Crippen LogP contribution in [0.5, 0.6) is 0 Å². The number of pyridine rings is 2. The predicted octanol–water partition coefficient (Wildman–Crippen LogP) is 5.05. The van der Waals surface area contributed by atoms with Crippen LogP contribution in [-0.2, 0) is 4.74 Å². The third-order valence-electron chi connectivity index (χ3n) is 4.67. The standard InChI is InChI=1S/C25H20N4O3S/c1-16-24(17(2)32-28-16)33-29-23-14-21(25(30)31-3)13-22(27-23)20-10-8-18(9-11-20)6-7-19-5-4-12-26-15-19/h4-5,8-15H,1-3H3,(H,27,29). The number of methoxy groups -OCH3 is 1. The Morgan fingerprint density at radius 2 is 1.88 bits per heavy atom. The minimum absolute atomic E-state index is 0.393. The van der Waals surface area contributed by atoms with Gasteiger partial charge in [0.2, 0.25) is 0 Å². The van der Waals surface area contributed by atoms with Gasteiger partial charge in [-0.3, -0.25) is 4.98 Å². The number of aromatic nitrogens is 3. The molecule has 164 valence electrons. The summed E-state index contributed by atoms with van der Waals surface area (Å²) in [6.45, 7) is 3.70. The van der Waals surface area contributed by atoms with Gasteiger partial charge in [0.1, 0.15) is 11.6 Å². The van der Waals surface area contributed by atoms with Crippen LogP contribution in [0.1, 0.15) is 32.9 Å². The van der Waals surface area contributed by atoms with Gasteiger partial charge in [-0.15, -0.1) is 0 Å². The third kappa shape index (κ3) is 5.40. The first-order valence-corrected chi connectivity index (χ1v) is 10.8.